The van der Waals surface area contributed by atoms with Gasteiger partial charge < -0.3 is 20.1 Å². The van der Waals surface area contributed by atoms with Gasteiger partial charge in [-0.05, 0) is 23.8 Å². The van der Waals surface area contributed by atoms with Crippen LogP contribution in [0.5, 0.6) is 5.75 Å². The van der Waals surface area contributed by atoms with E-state index in [0.29, 0.717) is 11.5 Å². The van der Waals surface area contributed by atoms with E-state index in [1.54, 1.807) is 24.8 Å². The summed E-state index contributed by atoms with van der Waals surface area (Å²) in [7, 11) is 0. The van der Waals surface area contributed by atoms with E-state index in [9.17, 15) is 15.3 Å². The molecule has 2 aromatic heterocycles. The van der Waals surface area contributed by atoms with Crippen molar-refractivity contribution in [3.63, 3.8) is 0 Å². The lowest BCUT2D eigenvalue weighted by atomic mass is 10.1. The standard InChI is InChI=1S/C15H16N2O4S/c18-12-8-22-15(14(20)13(12)19)21-11-5-10(6-17-7-11)9-1-3-16-4-2-9/h1-7,12-15,18-20H,8H2/t12-,13+,14-,15+/m1/s1. The summed E-state index contributed by atoms with van der Waals surface area (Å²) in [6, 6.07) is 5.54. The van der Waals surface area contributed by atoms with Crippen molar-refractivity contribution < 1.29 is 20.1 Å². The van der Waals surface area contributed by atoms with Gasteiger partial charge in [-0.1, -0.05) is 0 Å². The smallest absolute Gasteiger partial charge is 0.173 e. The predicted molar refractivity (Wildman–Crippen MR) is 82.4 cm³/mol. The van der Waals surface area contributed by atoms with E-state index in [2.05, 4.69) is 9.97 Å². The molecule has 1 aliphatic heterocycles. The van der Waals surface area contributed by atoms with Crippen molar-refractivity contribution in [3.05, 3.63) is 43.0 Å². The lowest BCUT2D eigenvalue weighted by Gasteiger charge is -2.34. The highest BCUT2D eigenvalue weighted by molar-refractivity contribution is 7.99. The topological polar surface area (TPSA) is 95.7 Å². The molecule has 0 spiro atoms. The summed E-state index contributed by atoms with van der Waals surface area (Å²) in [5.41, 5.74) is 1.18. The van der Waals surface area contributed by atoms with Crippen molar-refractivity contribution in [1.29, 1.82) is 0 Å². The molecule has 1 saturated heterocycles. The van der Waals surface area contributed by atoms with Crippen LogP contribution in [-0.4, -0.2) is 54.8 Å². The monoisotopic (exact) mass is 320 g/mol. The fourth-order valence-corrected chi connectivity index (χ4v) is 3.32. The molecule has 0 bridgehead atoms. The third kappa shape index (κ3) is 3.22. The molecular formula is C15H16N2O4S. The van der Waals surface area contributed by atoms with Crippen LogP contribution in [0.1, 0.15) is 0 Å². The number of aliphatic hydroxyl groups excluding tert-OH is 3. The number of pyridine rings is 2. The summed E-state index contributed by atoms with van der Waals surface area (Å²) in [5.74, 6) is 0.801. The summed E-state index contributed by atoms with van der Waals surface area (Å²) in [6.07, 6.45) is 3.35. The van der Waals surface area contributed by atoms with Crippen molar-refractivity contribution in [2.45, 2.75) is 23.7 Å². The maximum absolute atomic E-state index is 9.97. The molecule has 0 aliphatic carbocycles. The Kier molecular flexibility index (Phi) is 4.58. The molecular weight excluding hydrogens is 304 g/mol. The van der Waals surface area contributed by atoms with Gasteiger partial charge >= 0.3 is 0 Å². The van der Waals surface area contributed by atoms with Crippen LogP contribution in [-0.2, 0) is 0 Å². The van der Waals surface area contributed by atoms with Gasteiger partial charge in [-0.2, -0.15) is 0 Å². The van der Waals surface area contributed by atoms with Gasteiger partial charge in [-0.25, -0.2) is 0 Å². The average molecular weight is 320 g/mol. The van der Waals surface area contributed by atoms with E-state index < -0.39 is 23.7 Å². The fraction of sp³-hybridized carbons (Fsp3) is 0.333. The summed E-state index contributed by atoms with van der Waals surface area (Å²) in [6.45, 7) is 0. The Morgan fingerprint density at radius 3 is 2.55 bits per heavy atom. The summed E-state index contributed by atoms with van der Waals surface area (Å²) in [5, 5.41) is 29.2. The molecule has 3 N–H and O–H groups in total. The zero-order valence-corrected chi connectivity index (χ0v) is 12.4. The summed E-state index contributed by atoms with van der Waals surface area (Å²) >= 11 is 1.26. The predicted octanol–water partition coefficient (Wildman–Crippen LogP) is 0.678. The molecule has 4 atom stereocenters. The molecule has 0 unspecified atom stereocenters. The van der Waals surface area contributed by atoms with Gasteiger partial charge in [0.1, 0.15) is 18.0 Å². The van der Waals surface area contributed by atoms with Gasteiger partial charge in [0.15, 0.2) is 5.44 Å². The summed E-state index contributed by atoms with van der Waals surface area (Å²) in [4.78, 5) is 8.11. The van der Waals surface area contributed by atoms with Crippen LogP contribution < -0.4 is 4.74 Å². The number of aliphatic hydroxyl groups is 3. The summed E-state index contributed by atoms with van der Waals surface area (Å²) < 4.78 is 5.71. The molecule has 0 radical (unpaired) electrons. The second-order valence-electron chi connectivity index (χ2n) is 5.01. The van der Waals surface area contributed by atoms with E-state index >= 15 is 0 Å². The first kappa shape index (κ1) is 15.2. The van der Waals surface area contributed by atoms with Crippen LogP contribution in [0, 0.1) is 0 Å². The van der Waals surface area contributed by atoms with Crippen LogP contribution >= 0.6 is 11.8 Å². The van der Waals surface area contributed by atoms with Crippen molar-refractivity contribution in [2.24, 2.45) is 0 Å². The highest BCUT2D eigenvalue weighted by atomic mass is 32.2. The first-order valence-electron chi connectivity index (χ1n) is 6.83. The Morgan fingerprint density at radius 1 is 1.00 bits per heavy atom. The fourth-order valence-electron chi connectivity index (χ4n) is 2.20. The minimum Gasteiger partial charge on any atom is -0.475 e. The number of hydrogen-bond acceptors (Lipinski definition) is 7. The molecule has 0 aromatic carbocycles. The zero-order valence-electron chi connectivity index (χ0n) is 11.6. The molecule has 3 rings (SSSR count). The van der Waals surface area contributed by atoms with Gasteiger partial charge in [-0.15, -0.1) is 11.8 Å². The maximum Gasteiger partial charge on any atom is 0.173 e. The average Bonchev–Trinajstić information content (AvgIpc) is 2.57. The molecule has 1 fully saturated rings. The Bertz CT molecular complexity index is 628. The van der Waals surface area contributed by atoms with Crippen LogP contribution in [0.3, 0.4) is 0 Å². The maximum atomic E-state index is 9.97. The van der Waals surface area contributed by atoms with E-state index in [1.165, 1.54) is 11.8 Å². The number of ether oxygens (including phenoxy) is 1. The van der Waals surface area contributed by atoms with Gasteiger partial charge in [0.05, 0.1) is 12.3 Å². The highest BCUT2D eigenvalue weighted by Crippen LogP contribution is 2.30. The molecule has 7 heteroatoms. The van der Waals surface area contributed by atoms with E-state index in [4.69, 9.17) is 4.74 Å². The molecule has 116 valence electrons. The molecule has 2 aromatic rings. The molecule has 0 amide bonds. The normalized spacial score (nSPS) is 28.3. The number of nitrogens with zero attached hydrogens (tertiary/aromatic N) is 2. The Balaban J connectivity index is 1.76. The number of hydrogen-bond donors (Lipinski definition) is 3. The molecule has 3 heterocycles. The van der Waals surface area contributed by atoms with Gasteiger partial charge in [0, 0.05) is 29.9 Å². The third-order valence-corrected chi connectivity index (χ3v) is 4.67. The van der Waals surface area contributed by atoms with Gasteiger partial charge in [-0.3, -0.25) is 9.97 Å². The Hall–Kier alpha value is -1.67. The van der Waals surface area contributed by atoms with Crippen molar-refractivity contribution >= 4 is 11.8 Å². The van der Waals surface area contributed by atoms with Crippen LogP contribution in [0.2, 0.25) is 0 Å². The zero-order chi connectivity index (χ0) is 15.5. The van der Waals surface area contributed by atoms with Crippen LogP contribution in [0.4, 0.5) is 0 Å². The Morgan fingerprint density at radius 2 is 1.77 bits per heavy atom. The van der Waals surface area contributed by atoms with Crippen LogP contribution in [0.25, 0.3) is 11.1 Å². The van der Waals surface area contributed by atoms with E-state index in [1.807, 2.05) is 18.2 Å². The van der Waals surface area contributed by atoms with Gasteiger partial charge in [0.25, 0.3) is 0 Å². The minimum absolute atomic E-state index is 0.306. The second kappa shape index (κ2) is 6.62. The molecule has 0 saturated carbocycles. The van der Waals surface area contributed by atoms with Crippen molar-refractivity contribution in [2.75, 3.05) is 5.75 Å². The van der Waals surface area contributed by atoms with Crippen molar-refractivity contribution in [3.8, 4) is 16.9 Å². The van der Waals surface area contributed by atoms with Crippen molar-refractivity contribution in [1.82, 2.24) is 9.97 Å². The second-order valence-corrected chi connectivity index (χ2v) is 6.14. The Labute approximate surface area is 131 Å². The SMILES string of the molecule is O[C@@H]1[C@@H](O)[C@@H](Oc2cncc(-c3ccncc3)c2)SC[C@H]1O. The molecule has 22 heavy (non-hydrogen) atoms. The van der Waals surface area contributed by atoms with Crippen LogP contribution in [0.15, 0.2) is 43.0 Å². The number of aromatic nitrogens is 2. The number of rotatable bonds is 3. The molecule has 6 nitrogen and oxygen atoms in total. The quantitative estimate of drug-likeness (QED) is 0.765. The first-order valence-corrected chi connectivity index (χ1v) is 7.88. The highest BCUT2D eigenvalue weighted by Gasteiger charge is 2.38. The largest absolute Gasteiger partial charge is 0.475 e. The van der Waals surface area contributed by atoms with E-state index in [-0.39, 0.29) is 0 Å². The minimum atomic E-state index is -1.21. The third-order valence-electron chi connectivity index (χ3n) is 3.43. The first-order chi connectivity index (χ1) is 10.6. The van der Waals surface area contributed by atoms with Gasteiger partial charge in [0.2, 0.25) is 0 Å². The lowest BCUT2D eigenvalue weighted by molar-refractivity contribution is -0.0786. The lowest BCUT2D eigenvalue weighted by Crippen LogP contribution is -2.50. The number of thioether (sulfide) groups is 1. The molecule has 1 aliphatic rings. The van der Waals surface area contributed by atoms with E-state index in [0.717, 1.165) is 11.1 Å².